The van der Waals surface area contributed by atoms with Gasteiger partial charge in [-0.25, -0.2) is 0 Å². The summed E-state index contributed by atoms with van der Waals surface area (Å²) in [5.41, 5.74) is 0.355. The van der Waals surface area contributed by atoms with Crippen molar-refractivity contribution in [2.45, 2.75) is 27.2 Å². The molecule has 0 N–H and O–H groups in total. The fraction of sp³-hybridized carbons (Fsp3) is 0.625. The minimum Gasteiger partial charge on any atom is -0.103 e. The molecule has 0 saturated heterocycles. The Labute approximate surface area is 52.6 Å². The molecule has 0 heterocycles. The Morgan fingerprint density at radius 2 is 1.88 bits per heavy atom. The Balaban J connectivity index is 3.24. The fourth-order valence-corrected chi connectivity index (χ4v) is 0.437. The van der Waals surface area contributed by atoms with Crippen molar-refractivity contribution in [3.05, 3.63) is 19.1 Å². The maximum absolute atomic E-state index is 3.63. The third-order valence-corrected chi connectivity index (χ3v) is 0.897. The Kier molecular flexibility index (Phi) is 2.81. The second-order valence-corrected chi connectivity index (χ2v) is 3.09. The molecule has 0 rings (SSSR count). The van der Waals surface area contributed by atoms with Crippen molar-refractivity contribution in [1.82, 2.24) is 0 Å². The molecule has 0 heteroatoms. The summed E-state index contributed by atoms with van der Waals surface area (Å²) in [4.78, 5) is 0. The molecular formula is C8H15. The van der Waals surface area contributed by atoms with Gasteiger partial charge < -0.3 is 0 Å². The first-order chi connectivity index (χ1) is 3.56. The van der Waals surface area contributed by atoms with Crippen LogP contribution in [0.25, 0.3) is 0 Å². The van der Waals surface area contributed by atoms with Gasteiger partial charge in [0.05, 0.1) is 0 Å². The molecule has 8 heavy (non-hydrogen) atoms. The highest BCUT2D eigenvalue weighted by Crippen LogP contribution is 2.18. The lowest BCUT2D eigenvalue weighted by atomic mass is 9.91. The van der Waals surface area contributed by atoms with Gasteiger partial charge in [-0.05, 0) is 18.3 Å². The van der Waals surface area contributed by atoms with E-state index in [-0.39, 0.29) is 0 Å². The molecule has 0 aliphatic rings. The predicted molar refractivity (Wildman–Crippen MR) is 38.6 cm³/mol. The van der Waals surface area contributed by atoms with E-state index in [1.165, 1.54) is 0 Å². The fourth-order valence-electron chi connectivity index (χ4n) is 0.437. The molecular weight excluding hydrogens is 96.1 g/mol. The third-order valence-electron chi connectivity index (χ3n) is 0.897. The van der Waals surface area contributed by atoms with Crippen LogP contribution >= 0.6 is 0 Å². The van der Waals surface area contributed by atoms with Gasteiger partial charge in [0.2, 0.25) is 0 Å². The highest BCUT2D eigenvalue weighted by Gasteiger charge is 2.07. The van der Waals surface area contributed by atoms with Crippen LogP contribution in [0, 0.1) is 11.8 Å². The average Bonchev–Trinajstić information content (AvgIpc) is 1.59. The molecule has 0 atom stereocenters. The SMILES string of the molecule is C=CC[CH]C(C)(C)C. The van der Waals surface area contributed by atoms with E-state index in [9.17, 15) is 0 Å². The second-order valence-electron chi connectivity index (χ2n) is 3.09. The number of hydrogen-bond donors (Lipinski definition) is 0. The zero-order chi connectivity index (χ0) is 6.62. The zero-order valence-corrected chi connectivity index (χ0v) is 6.07. The molecule has 0 spiro atoms. The van der Waals surface area contributed by atoms with E-state index in [0.717, 1.165) is 6.42 Å². The van der Waals surface area contributed by atoms with Crippen molar-refractivity contribution in [3.63, 3.8) is 0 Å². The van der Waals surface area contributed by atoms with Crippen molar-refractivity contribution in [3.8, 4) is 0 Å². The predicted octanol–water partition coefficient (Wildman–Crippen LogP) is 2.81. The molecule has 47 valence electrons. The van der Waals surface area contributed by atoms with Crippen LogP contribution in [0.3, 0.4) is 0 Å². The first kappa shape index (κ1) is 7.74. The topological polar surface area (TPSA) is 0 Å². The summed E-state index contributed by atoms with van der Waals surface area (Å²) >= 11 is 0. The summed E-state index contributed by atoms with van der Waals surface area (Å²) < 4.78 is 0. The molecule has 0 fully saturated rings. The van der Waals surface area contributed by atoms with Gasteiger partial charge in [0.15, 0.2) is 0 Å². The Hall–Kier alpha value is -0.260. The minimum absolute atomic E-state index is 0.355. The number of allylic oxidation sites excluding steroid dienone is 1. The first-order valence-corrected chi connectivity index (χ1v) is 3.01. The summed E-state index contributed by atoms with van der Waals surface area (Å²) in [6.07, 6.45) is 5.19. The Bertz CT molecular complexity index is 64.6. The maximum Gasteiger partial charge on any atom is -0.0295 e. The lowest BCUT2D eigenvalue weighted by Crippen LogP contribution is -2.03. The molecule has 0 unspecified atom stereocenters. The van der Waals surface area contributed by atoms with Crippen LogP contribution in [0.1, 0.15) is 27.2 Å². The number of hydrogen-bond acceptors (Lipinski definition) is 0. The minimum atomic E-state index is 0.355. The highest BCUT2D eigenvalue weighted by atomic mass is 14.1. The Morgan fingerprint density at radius 1 is 1.38 bits per heavy atom. The lowest BCUT2D eigenvalue weighted by Gasteiger charge is -2.15. The van der Waals surface area contributed by atoms with E-state index < -0.39 is 0 Å². The van der Waals surface area contributed by atoms with E-state index in [0.29, 0.717) is 5.41 Å². The van der Waals surface area contributed by atoms with Crippen molar-refractivity contribution in [2.75, 3.05) is 0 Å². The van der Waals surface area contributed by atoms with E-state index in [2.05, 4.69) is 33.8 Å². The maximum atomic E-state index is 3.63. The van der Waals surface area contributed by atoms with Crippen LogP contribution in [0.2, 0.25) is 0 Å². The quantitative estimate of drug-likeness (QED) is 0.481. The van der Waals surface area contributed by atoms with Crippen molar-refractivity contribution in [1.29, 1.82) is 0 Å². The van der Waals surface area contributed by atoms with Crippen LogP contribution in [-0.4, -0.2) is 0 Å². The number of rotatable bonds is 2. The van der Waals surface area contributed by atoms with Gasteiger partial charge in [0, 0.05) is 0 Å². The second kappa shape index (κ2) is 2.91. The molecule has 0 nitrogen and oxygen atoms in total. The standard InChI is InChI=1S/C8H15/c1-5-6-7-8(2,3)4/h5,7H,1,6H2,2-4H3. The van der Waals surface area contributed by atoms with Crippen molar-refractivity contribution in [2.24, 2.45) is 5.41 Å². The molecule has 0 aromatic heterocycles. The van der Waals surface area contributed by atoms with E-state index >= 15 is 0 Å². The zero-order valence-electron chi connectivity index (χ0n) is 6.07. The van der Waals surface area contributed by atoms with Gasteiger partial charge in [0.1, 0.15) is 0 Å². The van der Waals surface area contributed by atoms with Gasteiger partial charge in [0.25, 0.3) is 0 Å². The Morgan fingerprint density at radius 3 is 2.00 bits per heavy atom. The van der Waals surface area contributed by atoms with Gasteiger partial charge in [-0.3, -0.25) is 0 Å². The average molecular weight is 111 g/mol. The smallest absolute Gasteiger partial charge is 0.0295 e. The molecule has 0 aromatic carbocycles. The molecule has 0 amide bonds. The summed E-state index contributed by atoms with van der Waals surface area (Å²) in [7, 11) is 0. The summed E-state index contributed by atoms with van der Waals surface area (Å²) in [5.74, 6) is 0. The van der Waals surface area contributed by atoms with Crippen LogP contribution in [0.5, 0.6) is 0 Å². The van der Waals surface area contributed by atoms with Crippen molar-refractivity contribution < 1.29 is 0 Å². The van der Waals surface area contributed by atoms with Gasteiger partial charge in [-0.15, -0.1) is 6.58 Å². The van der Waals surface area contributed by atoms with Gasteiger partial charge >= 0.3 is 0 Å². The first-order valence-electron chi connectivity index (χ1n) is 3.01. The molecule has 1 radical (unpaired) electrons. The van der Waals surface area contributed by atoms with E-state index in [1.807, 2.05) is 6.08 Å². The van der Waals surface area contributed by atoms with Gasteiger partial charge in [-0.1, -0.05) is 26.8 Å². The highest BCUT2D eigenvalue weighted by molar-refractivity contribution is 4.86. The van der Waals surface area contributed by atoms with Crippen molar-refractivity contribution >= 4 is 0 Å². The largest absolute Gasteiger partial charge is 0.103 e. The normalized spacial score (nSPS) is 11.4. The molecule has 0 aliphatic carbocycles. The molecule has 0 aromatic rings. The van der Waals surface area contributed by atoms with Crippen LogP contribution < -0.4 is 0 Å². The molecule has 0 bridgehead atoms. The monoisotopic (exact) mass is 111 g/mol. The van der Waals surface area contributed by atoms with Crippen LogP contribution in [0.15, 0.2) is 12.7 Å². The lowest BCUT2D eigenvalue weighted by molar-refractivity contribution is 0.485. The van der Waals surface area contributed by atoms with Gasteiger partial charge in [-0.2, -0.15) is 0 Å². The molecule has 0 saturated carbocycles. The van der Waals surface area contributed by atoms with E-state index in [1.54, 1.807) is 0 Å². The van der Waals surface area contributed by atoms with E-state index in [4.69, 9.17) is 0 Å². The third kappa shape index (κ3) is 5.74. The summed E-state index contributed by atoms with van der Waals surface area (Å²) in [5, 5.41) is 0. The summed E-state index contributed by atoms with van der Waals surface area (Å²) in [6, 6.07) is 0. The van der Waals surface area contributed by atoms with Crippen LogP contribution in [0.4, 0.5) is 0 Å². The summed E-state index contributed by atoms with van der Waals surface area (Å²) in [6.45, 7) is 10.2. The van der Waals surface area contributed by atoms with Crippen LogP contribution in [-0.2, 0) is 0 Å². The molecule has 0 aliphatic heterocycles.